The molecule has 102 valence electrons. The molecule has 1 aliphatic heterocycles. The summed E-state index contributed by atoms with van der Waals surface area (Å²) in [5.41, 5.74) is 2.72. The maximum absolute atomic E-state index is 12.0. The lowest BCUT2D eigenvalue weighted by atomic mass is 10.1. The molecule has 0 radical (unpaired) electrons. The van der Waals surface area contributed by atoms with E-state index >= 15 is 0 Å². The summed E-state index contributed by atoms with van der Waals surface area (Å²) in [6.45, 7) is 0.631. The molecule has 0 aliphatic carbocycles. The Morgan fingerprint density at radius 3 is 2.75 bits per heavy atom. The lowest BCUT2D eigenvalue weighted by Gasteiger charge is -2.17. The van der Waals surface area contributed by atoms with Crippen molar-refractivity contribution in [1.82, 2.24) is 4.98 Å². The van der Waals surface area contributed by atoms with Gasteiger partial charge in [0.25, 0.3) is 0 Å². The molecule has 1 atom stereocenters. The van der Waals surface area contributed by atoms with Crippen molar-refractivity contribution < 1.29 is 9.90 Å². The zero-order valence-electron chi connectivity index (χ0n) is 11.1. The summed E-state index contributed by atoms with van der Waals surface area (Å²) in [5, 5.41) is 9.19. The minimum Gasteiger partial charge on any atom is -0.396 e. The van der Waals surface area contributed by atoms with Crippen molar-refractivity contribution in [1.29, 1.82) is 0 Å². The molecule has 0 saturated carbocycles. The lowest BCUT2D eigenvalue weighted by molar-refractivity contribution is -0.117. The summed E-state index contributed by atoms with van der Waals surface area (Å²) in [7, 11) is 0. The number of pyridine rings is 1. The normalized spacial score (nSPS) is 18.6. The molecule has 1 amide bonds. The zero-order chi connectivity index (χ0) is 13.9. The highest BCUT2D eigenvalue weighted by molar-refractivity contribution is 5.96. The Morgan fingerprint density at radius 2 is 2.05 bits per heavy atom. The van der Waals surface area contributed by atoms with Crippen LogP contribution in [0.2, 0.25) is 0 Å². The number of anilines is 1. The highest BCUT2D eigenvalue weighted by Gasteiger charge is 2.30. The molecule has 2 heterocycles. The predicted molar refractivity (Wildman–Crippen MR) is 77.2 cm³/mol. The molecule has 1 aliphatic rings. The van der Waals surface area contributed by atoms with Crippen LogP contribution in [0, 0.1) is 5.92 Å². The second kappa shape index (κ2) is 5.43. The third kappa shape index (κ3) is 2.42. The van der Waals surface area contributed by atoms with Crippen LogP contribution in [0.3, 0.4) is 0 Å². The Bertz CT molecular complexity index is 613. The molecular weight excluding hydrogens is 252 g/mol. The maximum atomic E-state index is 12.0. The molecule has 3 rings (SSSR count). The van der Waals surface area contributed by atoms with E-state index in [1.54, 1.807) is 11.1 Å². The number of nitrogens with zero attached hydrogens (tertiary/aromatic N) is 2. The van der Waals surface area contributed by atoms with Gasteiger partial charge in [-0.15, -0.1) is 0 Å². The molecule has 2 aromatic rings. The van der Waals surface area contributed by atoms with Crippen molar-refractivity contribution in [3.63, 3.8) is 0 Å². The van der Waals surface area contributed by atoms with Crippen molar-refractivity contribution in [3.8, 4) is 11.3 Å². The van der Waals surface area contributed by atoms with Gasteiger partial charge in [0.1, 0.15) is 0 Å². The molecule has 1 aromatic carbocycles. The standard InChI is InChI=1S/C16H16N2O2/c19-11-12-8-16(20)18(10-12)14-6-7-17-15(9-14)13-4-2-1-3-5-13/h1-7,9,12,19H,8,10-11H2. The molecule has 1 N–H and O–H groups in total. The van der Waals surface area contributed by atoms with Gasteiger partial charge >= 0.3 is 0 Å². The van der Waals surface area contributed by atoms with E-state index in [4.69, 9.17) is 0 Å². The first-order valence-electron chi connectivity index (χ1n) is 6.70. The molecule has 20 heavy (non-hydrogen) atoms. The van der Waals surface area contributed by atoms with E-state index in [1.807, 2.05) is 42.5 Å². The van der Waals surface area contributed by atoms with Gasteiger partial charge < -0.3 is 10.0 Å². The van der Waals surface area contributed by atoms with Crippen molar-refractivity contribution in [2.45, 2.75) is 6.42 Å². The molecule has 4 heteroatoms. The van der Waals surface area contributed by atoms with E-state index in [9.17, 15) is 9.90 Å². The van der Waals surface area contributed by atoms with Crippen molar-refractivity contribution in [2.24, 2.45) is 5.92 Å². The Balaban J connectivity index is 1.91. The van der Waals surface area contributed by atoms with E-state index in [2.05, 4.69) is 4.98 Å². The van der Waals surface area contributed by atoms with Crippen LogP contribution < -0.4 is 4.90 Å². The van der Waals surface area contributed by atoms with E-state index in [0.717, 1.165) is 16.9 Å². The predicted octanol–water partition coefficient (Wildman–Crippen LogP) is 2.09. The molecule has 1 saturated heterocycles. The van der Waals surface area contributed by atoms with Gasteiger partial charge in [-0.3, -0.25) is 9.78 Å². The summed E-state index contributed by atoms with van der Waals surface area (Å²) in [6.07, 6.45) is 2.14. The third-order valence-electron chi connectivity index (χ3n) is 3.59. The number of amides is 1. The van der Waals surface area contributed by atoms with Crippen LogP contribution in [0.15, 0.2) is 48.7 Å². The van der Waals surface area contributed by atoms with Crippen molar-refractivity contribution >= 4 is 11.6 Å². The summed E-state index contributed by atoms with van der Waals surface area (Å²) in [4.78, 5) is 18.1. The van der Waals surface area contributed by atoms with Crippen LogP contribution in [-0.2, 0) is 4.79 Å². The van der Waals surface area contributed by atoms with Gasteiger partial charge in [0.15, 0.2) is 0 Å². The highest BCUT2D eigenvalue weighted by atomic mass is 16.3. The van der Waals surface area contributed by atoms with Gasteiger partial charge in [-0.1, -0.05) is 30.3 Å². The molecule has 1 unspecified atom stereocenters. The Morgan fingerprint density at radius 1 is 1.25 bits per heavy atom. The van der Waals surface area contributed by atoms with E-state index in [0.29, 0.717) is 13.0 Å². The smallest absolute Gasteiger partial charge is 0.227 e. The fourth-order valence-electron chi connectivity index (χ4n) is 2.51. The fourth-order valence-corrected chi connectivity index (χ4v) is 2.51. The molecule has 1 fully saturated rings. The summed E-state index contributed by atoms with van der Waals surface area (Å²) in [6, 6.07) is 13.6. The lowest BCUT2D eigenvalue weighted by Crippen LogP contribution is -2.24. The Kier molecular flexibility index (Phi) is 3.48. The molecule has 0 bridgehead atoms. The van der Waals surface area contributed by atoms with Crippen LogP contribution in [-0.4, -0.2) is 29.1 Å². The van der Waals surface area contributed by atoms with Crippen LogP contribution in [0.4, 0.5) is 5.69 Å². The molecular formula is C16H16N2O2. The first-order chi connectivity index (χ1) is 9.78. The Labute approximate surface area is 117 Å². The third-order valence-corrected chi connectivity index (χ3v) is 3.59. The number of aromatic nitrogens is 1. The van der Waals surface area contributed by atoms with Crippen LogP contribution >= 0.6 is 0 Å². The van der Waals surface area contributed by atoms with Crippen LogP contribution in [0.5, 0.6) is 0 Å². The number of aliphatic hydroxyl groups excluding tert-OH is 1. The summed E-state index contributed by atoms with van der Waals surface area (Å²) < 4.78 is 0. The second-order valence-electron chi connectivity index (χ2n) is 5.02. The van der Waals surface area contributed by atoms with E-state index < -0.39 is 0 Å². The highest BCUT2D eigenvalue weighted by Crippen LogP contribution is 2.27. The number of carbonyl (C=O) groups excluding carboxylic acids is 1. The quantitative estimate of drug-likeness (QED) is 0.927. The molecule has 4 nitrogen and oxygen atoms in total. The van der Waals surface area contributed by atoms with Gasteiger partial charge in [-0.25, -0.2) is 0 Å². The molecule has 0 spiro atoms. The van der Waals surface area contributed by atoms with Crippen LogP contribution in [0.25, 0.3) is 11.3 Å². The van der Waals surface area contributed by atoms with Crippen molar-refractivity contribution in [2.75, 3.05) is 18.1 Å². The van der Waals surface area contributed by atoms with Gasteiger partial charge in [-0.2, -0.15) is 0 Å². The van der Waals surface area contributed by atoms with Gasteiger partial charge in [-0.05, 0) is 12.1 Å². The number of benzene rings is 1. The van der Waals surface area contributed by atoms with Gasteiger partial charge in [0.05, 0.1) is 5.69 Å². The first-order valence-corrected chi connectivity index (χ1v) is 6.70. The number of aliphatic hydroxyl groups is 1. The minimum atomic E-state index is 0.0378. The fraction of sp³-hybridized carbons (Fsp3) is 0.250. The zero-order valence-corrected chi connectivity index (χ0v) is 11.1. The Hall–Kier alpha value is -2.20. The minimum absolute atomic E-state index is 0.0378. The average Bonchev–Trinajstić information content (AvgIpc) is 2.89. The van der Waals surface area contributed by atoms with Crippen LogP contribution in [0.1, 0.15) is 6.42 Å². The van der Waals surface area contributed by atoms with E-state index in [-0.39, 0.29) is 18.4 Å². The number of hydrogen-bond donors (Lipinski definition) is 1. The molecule has 1 aromatic heterocycles. The second-order valence-corrected chi connectivity index (χ2v) is 5.02. The SMILES string of the molecule is O=C1CC(CO)CN1c1ccnc(-c2ccccc2)c1. The number of rotatable bonds is 3. The van der Waals surface area contributed by atoms with Gasteiger partial charge in [0.2, 0.25) is 5.91 Å². The van der Waals surface area contributed by atoms with Gasteiger partial charge in [0, 0.05) is 42.9 Å². The monoisotopic (exact) mass is 268 g/mol. The topological polar surface area (TPSA) is 53.4 Å². The summed E-state index contributed by atoms with van der Waals surface area (Å²) >= 11 is 0. The first kappa shape index (κ1) is 12.8. The maximum Gasteiger partial charge on any atom is 0.227 e. The summed E-state index contributed by atoms with van der Waals surface area (Å²) in [5.74, 6) is 0.102. The number of carbonyl (C=O) groups is 1. The number of hydrogen-bond acceptors (Lipinski definition) is 3. The van der Waals surface area contributed by atoms with E-state index in [1.165, 1.54) is 0 Å². The van der Waals surface area contributed by atoms with Crippen molar-refractivity contribution in [3.05, 3.63) is 48.7 Å². The average molecular weight is 268 g/mol. The largest absolute Gasteiger partial charge is 0.396 e.